The van der Waals surface area contributed by atoms with Crippen molar-refractivity contribution in [2.75, 3.05) is 13.6 Å². The van der Waals surface area contributed by atoms with Crippen LogP contribution in [0.2, 0.25) is 0 Å². The first kappa shape index (κ1) is 17.3. The van der Waals surface area contributed by atoms with Crippen LogP contribution in [0.4, 0.5) is 8.78 Å². The van der Waals surface area contributed by atoms with E-state index in [1.165, 1.54) is 7.05 Å². The highest BCUT2D eigenvalue weighted by Crippen LogP contribution is 2.23. The summed E-state index contributed by atoms with van der Waals surface area (Å²) in [6, 6.07) is 1.05. The fraction of sp³-hybridized carbons (Fsp3) is 0.308. The molecular weight excluding hydrogens is 304 g/mol. The number of benzene rings is 1. The van der Waals surface area contributed by atoms with Crippen LogP contribution in [-0.2, 0) is 10.0 Å². The first-order valence-electron chi connectivity index (χ1n) is 6.01. The number of hydrogen-bond acceptors (Lipinski definition) is 3. The number of carboxylic acid groups (broad SMARTS) is 1. The zero-order valence-corrected chi connectivity index (χ0v) is 12.2. The van der Waals surface area contributed by atoms with Gasteiger partial charge in [-0.25, -0.2) is 26.3 Å². The number of unbranched alkanes of at least 4 members (excludes halogenated alkanes) is 1. The molecule has 1 aromatic rings. The average molecular weight is 319 g/mol. The zero-order valence-electron chi connectivity index (χ0n) is 11.3. The summed E-state index contributed by atoms with van der Waals surface area (Å²) in [4.78, 5) is 9.83. The smallest absolute Gasteiger partial charge is 0.335 e. The quantitative estimate of drug-likeness (QED) is 0.618. The van der Waals surface area contributed by atoms with Crippen molar-refractivity contribution in [2.24, 2.45) is 0 Å². The minimum atomic E-state index is -4.31. The second-order valence-corrected chi connectivity index (χ2v) is 6.35. The van der Waals surface area contributed by atoms with Crippen molar-refractivity contribution in [3.63, 3.8) is 0 Å². The van der Waals surface area contributed by atoms with Crippen LogP contribution in [0.25, 0.3) is 0 Å². The summed E-state index contributed by atoms with van der Waals surface area (Å²) < 4.78 is 52.3. The van der Waals surface area contributed by atoms with Crippen LogP contribution in [0.15, 0.2) is 29.7 Å². The van der Waals surface area contributed by atoms with Crippen molar-refractivity contribution < 1.29 is 27.1 Å². The molecule has 0 radical (unpaired) electrons. The normalized spacial score (nSPS) is 11.6. The summed E-state index contributed by atoms with van der Waals surface area (Å²) in [5.41, 5.74) is -0.632. The van der Waals surface area contributed by atoms with Gasteiger partial charge in [-0.05, 0) is 25.0 Å². The molecule has 5 nitrogen and oxygen atoms in total. The molecule has 0 aliphatic carbocycles. The number of halogens is 2. The minimum Gasteiger partial charge on any atom is -0.478 e. The molecule has 0 bridgehead atoms. The third-order valence-electron chi connectivity index (χ3n) is 2.81. The highest BCUT2D eigenvalue weighted by Gasteiger charge is 2.28. The largest absolute Gasteiger partial charge is 0.478 e. The van der Waals surface area contributed by atoms with Gasteiger partial charge in [0.1, 0.15) is 4.90 Å². The van der Waals surface area contributed by atoms with Crippen molar-refractivity contribution in [1.29, 1.82) is 0 Å². The molecule has 0 amide bonds. The Hall–Kier alpha value is -1.80. The molecule has 116 valence electrons. The van der Waals surface area contributed by atoms with Crippen LogP contribution < -0.4 is 0 Å². The first-order valence-corrected chi connectivity index (χ1v) is 7.45. The number of carboxylic acids is 1. The molecule has 0 aromatic heterocycles. The number of hydrogen-bond donors (Lipinski definition) is 1. The minimum absolute atomic E-state index is 0.0761. The van der Waals surface area contributed by atoms with Crippen molar-refractivity contribution in [3.05, 3.63) is 42.0 Å². The Labute approximate surface area is 121 Å². The van der Waals surface area contributed by atoms with E-state index in [-0.39, 0.29) is 6.54 Å². The van der Waals surface area contributed by atoms with E-state index in [0.29, 0.717) is 25.0 Å². The Morgan fingerprint density at radius 3 is 2.57 bits per heavy atom. The van der Waals surface area contributed by atoms with Crippen LogP contribution in [-0.4, -0.2) is 37.4 Å². The van der Waals surface area contributed by atoms with Gasteiger partial charge in [-0.15, -0.1) is 6.58 Å². The first-order chi connectivity index (χ1) is 9.71. The van der Waals surface area contributed by atoms with Crippen LogP contribution in [0.1, 0.15) is 23.2 Å². The Morgan fingerprint density at radius 1 is 1.43 bits per heavy atom. The maximum atomic E-state index is 13.7. The van der Waals surface area contributed by atoms with E-state index in [1.807, 2.05) is 0 Å². The van der Waals surface area contributed by atoms with Crippen molar-refractivity contribution in [2.45, 2.75) is 17.7 Å². The molecule has 0 unspecified atom stereocenters. The molecule has 0 heterocycles. The number of allylic oxidation sites excluding steroid dienone is 1. The highest BCUT2D eigenvalue weighted by molar-refractivity contribution is 7.89. The van der Waals surface area contributed by atoms with E-state index < -0.39 is 38.1 Å². The monoisotopic (exact) mass is 319 g/mol. The molecule has 0 atom stereocenters. The average Bonchev–Trinajstić information content (AvgIpc) is 2.41. The summed E-state index contributed by atoms with van der Waals surface area (Å²) in [6.45, 7) is 3.57. The van der Waals surface area contributed by atoms with E-state index >= 15 is 0 Å². The van der Waals surface area contributed by atoms with E-state index in [2.05, 4.69) is 6.58 Å². The summed E-state index contributed by atoms with van der Waals surface area (Å²) in [5, 5.41) is 8.79. The predicted molar refractivity (Wildman–Crippen MR) is 72.6 cm³/mol. The molecular formula is C13H15F2NO4S. The third-order valence-corrected chi connectivity index (χ3v) is 4.67. The number of carbonyl (C=O) groups is 1. The van der Waals surface area contributed by atoms with E-state index in [1.54, 1.807) is 6.08 Å². The SMILES string of the molecule is C=CCCCN(C)S(=O)(=O)c1cc(C(=O)O)cc(F)c1F. The molecule has 0 fully saturated rings. The Kier molecular flexibility index (Phi) is 5.56. The number of aromatic carboxylic acids is 1. The van der Waals surface area contributed by atoms with Crippen LogP contribution in [0, 0.1) is 11.6 Å². The van der Waals surface area contributed by atoms with Gasteiger partial charge in [0.05, 0.1) is 5.56 Å². The second kappa shape index (κ2) is 6.77. The van der Waals surface area contributed by atoms with Crippen LogP contribution in [0.5, 0.6) is 0 Å². The van der Waals surface area contributed by atoms with Gasteiger partial charge in [0.25, 0.3) is 0 Å². The van der Waals surface area contributed by atoms with E-state index in [0.717, 1.165) is 4.31 Å². The Balaban J connectivity index is 3.24. The Morgan fingerprint density at radius 2 is 2.05 bits per heavy atom. The molecule has 0 aliphatic heterocycles. The molecule has 1 N–H and O–H groups in total. The highest BCUT2D eigenvalue weighted by atomic mass is 32.2. The molecule has 8 heteroatoms. The maximum absolute atomic E-state index is 13.7. The fourth-order valence-electron chi connectivity index (χ4n) is 1.62. The van der Waals surface area contributed by atoms with Gasteiger partial charge in [-0.3, -0.25) is 0 Å². The predicted octanol–water partition coefficient (Wildman–Crippen LogP) is 2.25. The standard InChI is InChI=1S/C13H15F2NO4S/c1-3-4-5-6-16(2)21(19,20)11-8-9(13(17)18)7-10(14)12(11)15/h3,7-8H,1,4-6H2,2H3,(H,17,18). The third kappa shape index (κ3) is 3.85. The van der Waals surface area contributed by atoms with Gasteiger partial charge in [0.2, 0.25) is 10.0 Å². The van der Waals surface area contributed by atoms with E-state index in [9.17, 15) is 22.0 Å². The maximum Gasteiger partial charge on any atom is 0.335 e. The summed E-state index contributed by atoms with van der Waals surface area (Å²) in [6.07, 6.45) is 2.62. The number of sulfonamides is 1. The molecule has 0 aliphatic rings. The van der Waals surface area contributed by atoms with Crippen molar-refractivity contribution in [3.8, 4) is 0 Å². The molecule has 0 spiro atoms. The molecule has 21 heavy (non-hydrogen) atoms. The molecule has 0 saturated carbocycles. The summed E-state index contributed by atoms with van der Waals surface area (Å²) in [5.74, 6) is -4.65. The van der Waals surface area contributed by atoms with Crippen molar-refractivity contribution in [1.82, 2.24) is 4.31 Å². The second-order valence-electron chi connectivity index (χ2n) is 4.33. The lowest BCUT2D eigenvalue weighted by molar-refractivity contribution is 0.0696. The van der Waals surface area contributed by atoms with Gasteiger partial charge < -0.3 is 5.11 Å². The molecule has 0 saturated heterocycles. The van der Waals surface area contributed by atoms with E-state index in [4.69, 9.17) is 5.11 Å². The summed E-state index contributed by atoms with van der Waals surface area (Å²) >= 11 is 0. The lowest BCUT2D eigenvalue weighted by Gasteiger charge is -2.17. The number of rotatable bonds is 7. The van der Waals surface area contributed by atoms with Crippen molar-refractivity contribution >= 4 is 16.0 Å². The van der Waals surface area contributed by atoms with Gasteiger partial charge in [0, 0.05) is 13.6 Å². The Bertz CT molecular complexity index is 658. The topological polar surface area (TPSA) is 74.7 Å². The molecule has 1 rings (SSSR count). The number of nitrogens with zero attached hydrogens (tertiary/aromatic N) is 1. The van der Waals surface area contributed by atoms with Crippen LogP contribution in [0.3, 0.4) is 0 Å². The summed E-state index contributed by atoms with van der Waals surface area (Å²) in [7, 11) is -3.10. The lowest BCUT2D eigenvalue weighted by Crippen LogP contribution is -2.29. The fourth-order valence-corrected chi connectivity index (χ4v) is 2.93. The molecule has 1 aromatic carbocycles. The van der Waals surface area contributed by atoms with Gasteiger partial charge in [-0.2, -0.15) is 0 Å². The van der Waals surface area contributed by atoms with Gasteiger partial charge in [0.15, 0.2) is 11.6 Å². The zero-order chi connectivity index (χ0) is 16.2. The van der Waals surface area contributed by atoms with Crippen LogP contribution >= 0.6 is 0 Å². The lowest BCUT2D eigenvalue weighted by atomic mass is 10.2. The van der Waals surface area contributed by atoms with Gasteiger partial charge in [-0.1, -0.05) is 6.08 Å². The van der Waals surface area contributed by atoms with Gasteiger partial charge >= 0.3 is 5.97 Å².